The number of hydrogen-bond acceptors (Lipinski definition) is 1. The summed E-state index contributed by atoms with van der Waals surface area (Å²) < 4.78 is 0. The molecule has 0 amide bonds. The fraction of sp³-hybridized carbons (Fsp3) is 0.379. The van der Waals surface area contributed by atoms with Gasteiger partial charge in [-0.25, -0.2) is 0 Å². The van der Waals surface area contributed by atoms with Gasteiger partial charge in [-0.1, -0.05) is 150 Å². The molecule has 1 nitrogen and oxygen atoms in total. The molecule has 298 valence electrons. The molecule has 5 aliphatic carbocycles. The lowest BCUT2D eigenvalue weighted by Gasteiger charge is -2.29. The Labute approximate surface area is 353 Å². The molecule has 6 aromatic carbocycles. The molecule has 0 heterocycles. The van der Waals surface area contributed by atoms with Crippen LogP contribution >= 0.6 is 0 Å². The van der Waals surface area contributed by atoms with Gasteiger partial charge >= 0.3 is 0 Å². The van der Waals surface area contributed by atoms with Gasteiger partial charge in [0.25, 0.3) is 0 Å². The zero-order valence-corrected chi connectivity index (χ0v) is 35.4. The molecule has 3 unspecified atom stereocenters. The average Bonchev–Trinajstić information content (AvgIpc) is 4.00. The molecule has 11 rings (SSSR count). The molecular formula is C58H61N. The Morgan fingerprint density at radius 1 is 0.407 bits per heavy atom. The molecule has 3 atom stereocenters. The molecule has 2 bridgehead atoms. The van der Waals surface area contributed by atoms with E-state index in [2.05, 4.69) is 152 Å². The van der Waals surface area contributed by atoms with Crippen molar-refractivity contribution in [2.75, 3.05) is 4.90 Å². The van der Waals surface area contributed by atoms with Gasteiger partial charge in [0, 0.05) is 22.5 Å². The quantitative estimate of drug-likeness (QED) is 0.149. The lowest BCUT2D eigenvalue weighted by molar-refractivity contribution is 0.420. The number of anilines is 3. The third-order valence-electron chi connectivity index (χ3n) is 16.0. The summed E-state index contributed by atoms with van der Waals surface area (Å²) in [5.41, 5.74) is 18.9. The topological polar surface area (TPSA) is 3.24 Å². The van der Waals surface area contributed by atoms with Gasteiger partial charge in [-0.15, -0.1) is 0 Å². The highest BCUT2D eigenvalue weighted by Gasteiger charge is 2.40. The summed E-state index contributed by atoms with van der Waals surface area (Å²) in [4.78, 5) is 2.49. The minimum absolute atomic E-state index is 0.122. The molecule has 6 aromatic rings. The van der Waals surface area contributed by atoms with Crippen molar-refractivity contribution in [3.8, 4) is 33.4 Å². The second kappa shape index (κ2) is 15.3. The third-order valence-corrected chi connectivity index (χ3v) is 16.0. The van der Waals surface area contributed by atoms with Gasteiger partial charge in [-0.2, -0.15) is 0 Å². The zero-order valence-electron chi connectivity index (χ0n) is 35.4. The average molecular weight is 772 g/mol. The van der Waals surface area contributed by atoms with Crippen molar-refractivity contribution in [1.82, 2.24) is 0 Å². The fourth-order valence-corrected chi connectivity index (χ4v) is 12.6. The van der Waals surface area contributed by atoms with Gasteiger partial charge in [0.2, 0.25) is 0 Å². The van der Waals surface area contributed by atoms with Crippen LogP contribution < -0.4 is 4.90 Å². The maximum atomic E-state index is 2.49. The van der Waals surface area contributed by atoms with Crippen molar-refractivity contribution >= 4 is 17.1 Å². The summed E-state index contributed by atoms with van der Waals surface area (Å²) in [6.45, 7) is 4.86. The van der Waals surface area contributed by atoms with Crippen LogP contribution in [0, 0.1) is 11.8 Å². The van der Waals surface area contributed by atoms with E-state index < -0.39 is 0 Å². The lowest BCUT2D eigenvalue weighted by atomic mass is 9.81. The van der Waals surface area contributed by atoms with Gasteiger partial charge in [0.15, 0.2) is 0 Å². The van der Waals surface area contributed by atoms with Crippen LogP contribution in [-0.4, -0.2) is 0 Å². The fourth-order valence-electron chi connectivity index (χ4n) is 12.6. The van der Waals surface area contributed by atoms with Crippen LogP contribution in [0.5, 0.6) is 0 Å². The molecule has 4 saturated carbocycles. The molecule has 0 spiro atoms. The number of nitrogens with zero attached hydrogens (tertiary/aromatic N) is 1. The number of fused-ring (bicyclic) bond motifs is 5. The lowest BCUT2D eigenvalue weighted by Crippen LogP contribution is -2.16. The molecule has 1 heteroatoms. The van der Waals surface area contributed by atoms with Crippen LogP contribution in [0.25, 0.3) is 33.4 Å². The molecule has 0 aliphatic heterocycles. The molecule has 0 N–H and O–H groups in total. The third kappa shape index (κ3) is 6.87. The zero-order chi connectivity index (χ0) is 39.5. The molecule has 0 aromatic heterocycles. The summed E-state index contributed by atoms with van der Waals surface area (Å²) >= 11 is 0. The van der Waals surface area contributed by atoms with Crippen molar-refractivity contribution in [2.24, 2.45) is 11.8 Å². The second-order valence-corrected chi connectivity index (χ2v) is 19.8. The van der Waals surface area contributed by atoms with Crippen molar-refractivity contribution in [2.45, 2.75) is 127 Å². The van der Waals surface area contributed by atoms with Gasteiger partial charge in [0.05, 0.1) is 0 Å². The van der Waals surface area contributed by atoms with Gasteiger partial charge in [-0.3, -0.25) is 0 Å². The van der Waals surface area contributed by atoms with E-state index in [4.69, 9.17) is 0 Å². The van der Waals surface area contributed by atoms with E-state index in [1.54, 1.807) is 5.56 Å². The Bertz CT molecular complexity index is 2420. The smallest absolute Gasteiger partial charge is 0.0465 e. The Morgan fingerprint density at radius 2 is 0.864 bits per heavy atom. The Kier molecular flexibility index (Phi) is 9.63. The second-order valence-electron chi connectivity index (χ2n) is 19.8. The van der Waals surface area contributed by atoms with Crippen LogP contribution in [0.4, 0.5) is 17.1 Å². The first-order chi connectivity index (χ1) is 29.0. The Hall–Kier alpha value is -4.88. The normalized spacial score (nSPS) is 22.3. The summed E-state index contributed by atoms with van der Waals surface area (Å²) in [5.74, 6) is 4.10. The molecule has 5 aliphatic rings. The largest absolute Gasteiger partial charge is 0.310 e. The van der Waals surface area contributed by atoms with Crippen LogP contribution in [0.1, 0.15) is 149 Å². The predicted octanol–water partition coefficient (Wildman–Crippen LogP) is 16.8. The van der Waals surface area contributed by atoms with Gasteiger partial charge in [-0.05, 0) is 178 Å². The Balaban J connectivity index is 0.907. The van der Waals surface area contributed by atoms with E-state index in [0.29, 0.717) is 5.92 Å². The number of rotatable bonds is 8. The minimum atomic E-state index is -0.122. The highest BCUT2D eigenvalue weighted by molar-refractivity contribution is 5.87. The minimum Gasteiger partial charge on any atom is -0.310 e. The van der Waals surface area contributed by atoms with E-state index in [-0.39, 0.29) is 5.41 Å². The summed E-state index contributed by atoms with van der Waals surface area (Å²) in [6, 6.07) is 52.6. The van der Waals surface area contributed by atoms with Crippen molar-refractivity contribution in [3.63, 3.8) is 0 Å². The maximum Gasteiger partial charge on any atom is 0.0465 e. The van der Waals surface area contributed by atoms with Crippen LogP contribution in [0.2, 0.25) is 0 Å². The highest BCUT2D eigenvalue weighted by Crippen LogP contribution is 2.54. The molecule has 0 saturated heterocycles. The first-order valence-electron chi connectivity index (χ1n) is 23.5. The Morgan fingerprint density at radius 3 is 1.42 bits per heavy atom. The summed E-state index contributed by atoms with van der Waals surface area (Å²) in [5, 5.41) is 0. The predicted molar refractivity (Wildman–Crippen MR) is 249 cm³/mol. The molecule has 59 heavy (non-hydrogen) atoms. The van der Waals surface area contributed by atoms with E-state index >= 15 is 0 Å². The van der Waals surface area contributed by atoms with Crippen molar-refractivity contribution < 1.29 is 0 Å². The number of hydrogen-bond donors (Lipinski definition) is 0. The van der Waals surface area contributed by atoms with Gasteiger partial charge in [0.1, 0.15) is 0 Å². The van der Waals surface area contributed by atoms with Crippen molar-refractivity contribution in [3.05, 3.63) is 161 Å². The monoisotopic (exact) mass is 771 g/mol. The van der Waals surface area contributed by atoms with Crippen molar-refractivity contribution in [1.29, 1.82) is 0 Å². The molecule has 4 fully saturated rings. The first kappa shape index (κ1) is 37.1. The first-order valence-corrected chi connectivity index (χ1v) is 23.5. The van der Waals surface area contributed by atoms with Crippen LogP contribution in [0.15, 0.2) is 133 Å². The number of benzene rings is 6. The van der Waals surface area contributed by atoms with E-state index in [0.717, 1.165) is 23.7 Å². The SMILES string of the molecule is CC1(C)c2cc(-c3ccc(C4CCCCC4)cc3)ccc2-c2ccc(N(c3ccc(-c4ccc(C5CC6CCC5C6)cc4)cc3)c3ccc(C4CCCCC4)cc3)cc21. The highest BCUT2D eigenvalue weighted by atomic mass is 15.1. The standard InChI is InChI=1S/C58H61N/c1-58(2)56-37-48(46-17-15-42(16-18-46)40-9-5-3-6-10-40)27-33-53(56)54-34-32-52(38-57(54)58)59(50-28-23-44(24-29-50)41-11-7-4-8-12-41)51-30-25-45(26-31-51)43-19-21-47(22-20-43)55-36-39-13-14-49(55)35-39/h15-34,37-41,49,55H,3-14,35-36H2,1-2H3. The maximum absolute atomic E-state index is 2.49. The van der Waals surface area contributed by atoms with Crippen LogP contribution in [0.3, 0.4) is 0 Å². The van der Waals surface area contributed by atoms with Crippen LogP contribution in [-0.2, 0) is 5.41 Å². The van der Waals surface area contributed by atoms with E-state index in [9.17, 15) is 0 Å². The van der Waals surface area contributed by atoms with E-state index in [1.165, 1.54) is 163 Å². The molecule has 0 radical (unpaired) electrons. The van der Waals surface area contributed by atoms with E-state index in [1.807, 2.05) is 0 Å². The summed E-state index contributed by atoms with van der Waals surface area (Å²) in [7, 11) is 0. The van der Waals surface area contributed by atoms with Gasteiger partial charge < -0.3 is 4.90 Å². The summed E-state index contributed by atoms with van der Waals surface area (Å²) in [6.07, 6.45) is 19.3. The molecular weight excluding hydrogens is 711 g/mol.